The number of hydrogen-bond donors (Lipinski definition) is 0. The molecule has 0 spiro atoms. The number of thiocarbonyl (C=S) groups is 1. The van der Waals surface area contributed by atoms with Gasteiger partial charge in [0.2, 0.25) is 0 Å². The third kappa shape index (κ3) is 2.24. The lowest BCUT2D eigenvalue weighted by molar-refractivity contribution is 0.184. The molecule has 2 aliphatic rings. The molecule has 18 heavy (non-hydrogen) atoms. The number of rotatable bonds is 2. The van der Waals surface area contributed by atoms with Crippen molar-refractivity contribution >= 4 is 17.4 Å². The molecule has 0 aromatic carbocycles. The molecule has 3 atom stereocenters. The van der Waals surface area contributed by atoms with Gasteiger partial charge in [-0.3, -0.25) is 0 Å². The third-order valence-electron chi connectivity index (χ3n) is 4.89. The molecule has 0 aliphatic heterocycles. The standard InChI is InChI=1S/C16H23NS/c1-11(2)15(17-10-18)13-7-9-16(4)8-5-6-12(3)14(13)16/h13-14H,3,5-9H2,1-2,4H3/t13-,14+,16-/m0/s1. The Kier molecular flexibility index (Phi) is 3.89. The second kappa shape index (κ2) is 5.11. The van der Waals surface area contributed by atoms with Crippen molar-refractivity contribution in [3.63, 3.8) is 0 Å². The second-order valence-electron chi connectivity index (χ2n) is 6.38. The first kappa shape index (κ1) is 13.7. The Balaban J connectivity index is 2.38. The normalized spacial score (nSPS) is 34.7. The minimum atomic E-state index is 0.442. The van der Waals surface area contributed by atoms with Crippen molar-refractivity contribution in [3.05, 3.63) is 23.4 Å². The van der Waals surface area contributed by atoms with Crippen LogP contribution in [0.1, 0.15) is 52.9 Å². The highest BCUT2D eigenvalue weighted by atomic mass is 32.1. The Morgan fingerprint density at radius 2 is 2.17 bits per heavy atom. The Labute approximate surface area is 116 Å². The van der Waals surface area contributed by atoms with Crippen LogP contribution in [0.2, 0.25) is 0 Å². The molecule has 2 saturated carbocycles. The molecule has 2 aliphatic carbocycles. The topological polar surface area (TPSA) is 12.4 Å². The van der Waals surface area contributed by atoms with Crippen LogP contribution in [0.5, 0.6) is 0 Å². The van der Waals surface area contributed by atoms with Crippen LogP contribution in [-0.2, 0) is 0 Å². The minimum Gasteiger partial charge on any atom is -0.199 e. The van der Waals surface area contributed by atoms with E-state index in [1.807, 2.05) is 0 Å². The van der Waals surface area contributed by atoms with E-state index in [9.17, 15) is 0 Å². The number of hydrogen-bond acceptors (Lipinski definition) is 2. The lowest BCUT2D eigenvalue weighted by Crippen LogP contribution is -2.31. The fraction of sp³-hybridized carbons (Fsp3) is 0.688. The van der Waals surface area contributed by atoms with Gasteiger partial charge >= 0.3 is 0 Å². The summed E-state index contributed by atoms with van der Waals surface area (Å²) in [6, 6.07) is 0. The van der Waals surface area contributed by atoms with Crippen molar-refractivity contribution in [1.82, 2.24) is 0 Å². The van der Waals surface area contributed by atoms with E-state index in [1.165, 1.54) is 48.9 Å². The SMILES string of the molecule is C=C1CCC[C@@]2(C)CC[C@H](C(N=C=S)=C(C)C)[C@@H]12. The van der Waals surface area contributed by atoms with Gasteiger partial charge in [-0.2, -0.15) is 4.99 Å². The van der Waals surface area contributed by atoms with Crippen molar-refractivity contribution in [1.29, 1.82) is 0 Å². The summed E-state index contributed by atoms with van der Waals surface area (Å²) < 4.78 is 0. The molecule has 0 radical (unpaired) electrons. The molecule has 0 saturated heterocycles. The van der Waals surface area contributed by atoms with Crippen LogP contribution in [0.15, 0.2) is 28.4 Å². The van der Waals surface area contributed by atoms with E-state index in [2.05, 4.69) is 37.5 Å². The van der Waals surface area contributed by atoms with Gasteiger partial charge in [-0.25, -0.2) is 0 Å². The number of nitrogens with zero attached hydrogens (tertiary/aromatic N) is 1. The van der Waals surface area contributed by atoms with E-state index >= 15 is 0 Å². The average molecular weight is 261 g/mol. The predicted molar refractivity (Wildman–Crippen MR) is 80.7 cm³/mol. The van der Waals surface area contributed by atoms with Crippen LogP contribution in [-0.4, -0.2) is 5.16 Å². The minimum absolute atomic E-state index is 0.442. The zero-order valence-electron chi connectivity index (χ0n) is 11.8. The van der Waals surface area contributed by atoms with E-state index in [0.717, 1.165) is 0 Å². The van der Waals surface area contributed by atoms with E-state index in [4.69, 9.17) is 12.2 Å². The van der Waals surface area contributed by atoms with Crippen LogP contribution in [0.3, 0.4) is 0 Å². The lowest BCUT2D eigenvalue weighted by Gasteiger charge is -2.40. The van der Waals surface area contributed by atoms with Gasteiger partial charge in [-0.05, 0) is 69.5 Å². The van der Waals surface area contributed by atoms with E-state index in [-0.39, 0.29) is 0 Å². The number of isothiocyanates is 1. The number of aliphatic imine (C=N–C) groups is 1. The molecular weight excluding hydrogens is 238 g/mol. The van der Waals surface area contributed by atoms with Crippen LogP contribution in [0.4, 0.5) is 0 Å². The van der Waals surface area contributed by atoms with Gasteiger partial charge < -0.3 is 0 Å². The highest BCUT2D eigenvalue weighted by molar-refractivity contribution is 7.78. The fourth-order valence-corrected chi connectivity index (χ4v) is 4.23. The first-order valence-corrected chi connectivity index (χ1v) is 7.33. The molecule has 0 N–H and O–H groups in total. The summed E-state index contributed by atoms with van der Waals surface area (Å²) in [5.74, 6) is 1.12. The van der Waals surface area contributed by atoms with Crippen molar-refractivity contribution in [2.24, 2.45) is 22.2 Å². The monoisotopic (exact) mass is 261 g/mol. The Bertz CT molecular complexity index is 438. The van der Waals surface area contributed by atoms with Crippen molar-refractivity contribution in [2.75, 3.05) is 0 Å². The summed E-state index contributed by atoms with van der Waals surface area (Å²) >= 11 is 4.81. The molecule has 2 rings (SSSR count). The van der Waals surface area contributed by atoms with E-state index < -0.39 is 0 Å². The molecule has 1 nitrogen and oxygen atoms in total. The smallest absolute Gasteiger partial charge is 0.0637 e. The highest BCUT2D eigenvalue weighted by Gasteiger charge is 2.49. The first-order chi connectivity index (χ1) is 8.49. The molecule has 2 fully saturated rings. The van der Waals surface area contributed by atoms with Gasteiger partial charge in [0.05, 0.1) is 10.9 Å². The molecule has 2 heteroatoms. The zero-order valence-corrected chi connectivity index (χ0v) is 12.6. The fourth-order valence-electron chi connectivity index (χ4n) is 4.13. The van der Waals surface area contributed by atoms with Gasteiger partial charge in [0.25, 0.3) is 0 Å². The molecule has 98 valence electrons. The molecular formula is C16H23NS. The molecule has 0 unspecified atom stereocenters. The van der Waals surface area contributed by atoms with Crippen LogP contribution < -0.4 is 0 Å². The predicted octanol–water partition coefficient (Wildman–Crippen LogP) is 5.16. The number of allylic oxidation sites excluding steroid dienone is 3. The Morgan fingerprint density at radius 3 is 2.78 bits per heavy atom. The van der Waals surface area contributed by atoms with Crippen LogP contribution in [0, 0.1) is 17.3 Å². The highest BCUT2D eigenvalue weighted by Crippen LogP contribution is 2.58. The van der Waals surface area contributed by atoms with Crippen molar-refractivity contribution in [2.45, 2.75) is 52.9 Å². The van der Waals surface area contributed by atoms with Crippen LogP contribution >= 0.6 is 12.2 Å². The average Bonchev–Trinajstić information content (AvgIpc) is 2.64. The maximum atomic E-state index is 4.81. The van der Waals surface area contributed by atoms with E-state index in [0.29, 0.717) is 17.3 Å². The summed E-state index contributed by atoms with van der Waals surface area (Å²) in [7, 11) is 0. The summed E-state index contributed by atoms with van der Waals surface area (Å²) in [6.45, 7) is 11.0. The van der Waals surface area contributed by atoms with Gasteiger partial charge in [0.1, 0.15) is 0 Å². The van der Waals surface area contributed by atoms with Crippen molar-refractivity contribution in [3.8, 4) is 0 Å². The zero-order chi connectivity index (χ0) is 13.3. The molecule has 0 amide bonds. The van der Waals surface area contributed by atoms with Gasteiger partial charge in [0, 0.05) is 5.92 Å². The summed E-state index contributed by atoms with van der Waals surface area (Å²) in [4.78, 5) is 4.37. The van der Waals surface area contributed by atoms with Gasteiger partial charge in [-0.15, -0.1) is 0 Å². The maximum absolute atomic E-state index is 4.81. The third-order valence-corrected chi connectivity index (χ3v) is 4.99. The molecule has 0 aromatic rings. The van der Waals surface area contributed by atoms with Gasteiger partial charge in [-0.1, -0.05) is 24.6 Å². The van der Waals surface area contributed by atoms with Gasteiger partial charge in [0.15, 0.2) is 0 Å². The largest absolute Gasteiger partial charge is 0.199 e. The quantitative estimate of drug-likeness (QED) is 0.380. The summed E-state index contributed by atoms with van der Waals surface area (Å²) in [5.41, 5.74) is 4.32. The summed E-state index contributed by atoms with van der Waals surface area (Å²) in [6.07, 6.45) is 6.35. The molecule has 0 aromatic heterocycles. The Hall–Kier alpha value is -0.720. The van der Waals surface area contributed by atoms with Crippen molar-refractivity contribution < 1.29 is 0 Å². The molecule has 0 bridgehead atoms. The summed E-state index contributed by atoms with van der Waals surface area (Å²) in [5, 5.41) is 2.57. The Morgan fingerprint density at radius 1 is 1.44 bits per heavy atom. The van der Waals surface area contributed by atoms with Crippen LogP contribution in [0.25, 0.3) is 0 Å². The second-order valence-corrected chi connectivity index (χ2v) is 6.56. The molecule has 0 heterocycles. The number of fused-ring (bicyclic) bond motifs is 1. The van der Waals surface area contributed by atoms with E-state index in [1.54, 1.807) is 0 Å². The maximum Gasteiger partial charge on any atom is 0.0637 e. The lowest BCUT2D eigenvalue weighted by atomic mass is 9.65. The first-order valence-electron chi connectivity index (χ1n) is 6.92.